The molecule has 0 fully saturated rings. The molecule has 0 aliphatic carbocycles. The summed E-state index contributed by atoms with van der Waals surface area (Å²) in [6.45, 7) is 4.92. The van der Waals surface area contributed by atoms with E-state index in [0.29, 0.717) is 23.9 Å². The van der Waals surface area contributed by atoms with Crippen LogP contribution in [0.2, 0.25) is 0 Å². The number of allylic oxidation sites excluding steroid dienone is 4. The van der Waals surface area contributed by atoms with E-state index in [0.717, 1.165) is 44.9 Å². The average molecular weight is 940 g/mol. The molecular weight excluding hydrogens is 828 g/mol. The summed E-state index contributed by atoms with van der Waals surface area (Å²) >= 11 is 0. The predicted octanol–water partition coefficient (Wildman–Crippen LogP) is 16.8. The number of nitrogens with one attached hydrogen (secondary N) is 1. The summed E-state index contributed by atoms with van der Waals surface area (Å²) in [4.78, 5) is 23.3. The number of phosphoric ester groups is 1. The normalized spacial score (nSPS) is 14.1. The Bertz CT molecular complexity index is 1110. The fraction of sp³-hybridized carbons (Fsp3) is 0.911. The van der Waals surface area contributed by atoms with Crippen LogP contribution in [-0.2, 0) is 18.4 Å². The van der Waals surface area contributed by atoms with E-state index < -0.39 is 20.0 Å². The molecule has 0 rings (SSSR count). The highest BCUT2D eigenvalue weighted by Gasteiger charge is 2.28. The predicted molar refractivity (Wildman–Crippen MR) is 281 cm³/mol. The van der Waals surface area contributed by atoms with Crippen LogP contribution in [0, 0.1) is 0 Å². The first-order chi connectivity index (χ1) is 31.5. The van der Waals surface area contributed by atoms with Gasteiger partial charge in [-0.3, -0.25) is 13.8 Å². The molecule has 0 spiro atoms. The molecule has 0 aromatic carbocycles. The minimum atomic E-state index is -4.32. The van der Waals surface area contributed by atoms with E-state index in [-0.39, 0.29) is 19.1 Å². The third-order valence-corrected chi connectivity index (χ3v) is 13.9. The number of likely N-dealkylation sites (N-methyl/N-ethyl adjacent to an activating group) is 1. The van der Waals surface area contributed by atoms with Crippen LogP contribution in [-0.4, -0.2) is 73.4 Å². The fourth-order valence-corrected chi connectivity index (χ4v) is 9.23. The third kappa shape index (κ3) is 50.7. The number of aliphatic hydroxyl groups excluding tert-OH is 1. The van der Waals surface area contributed by atoms with Crippen molar-refractivity contribution in [1.29, 1.82) is 0 Å². The lowest BCUT2D eigenvalue weighted by Crippen LogP contribution is -2.46. The standard InChI is InChI=1S/C56H111N2O6P/c1-6-8-10-12-14-16-18-20-22-24-25-26-27-28-29-30-31-32-33-34-36-38-40-42-44-46-48-50-56(60)57-54(53-64-65(61,62)63-52-51-58(3,4)5)55(59)49-47-45-43-41-39-37-35-23-21-19-17-15-13-11-9-7-2/h25-26,28-29,54-55,59H,6-24,27,30-53H2,1-5H3,(H-,57,60,61,62)/p+1/b26-25-,29-28-. The van der Waals surface area contributed by atoms with Gasteiger partial charge < -0.3 is 19.8 Å². The summed E-state index contributed by atoms with van der Waals surface area (Å²) in [6, 6.07) is -0.760. The van der Waals surface area contributed by atoms with Crippen molar-refractivity contribution >= 4 is 13.7 Å². The highest BCUT2D eigenvalue weighted by atomic mass is 31.2. The molecule has 0 aliphatic heterocycles. The number of rotatable bonds is 52. The Morgan fingerprint density at radius 1 is 0.523 bits per heavy atom. The molecule has 0 bridgehead atoms. The number of carbonyl (C=O) groups excluding carboxylic acids is 1. The van der Waals surface area contributed by atoms with Gasteiger partial charge in [0.25, 0.3) is 0 Å². The molecule has 3 atom stereocenters. The van der Waals surface area contributed by atoms with Crippen LogP contribution in [0.4, 0.5) is 0 Å². The third-order valence-electron chi connectivity index (χ3n) is 13.0. The number of phosphoric acid groups is 1. The summed E-state index contributed by atoms with van der Waals surface area (Å²) in [7, 11) is 1.62. The van der Waals surface area contributed by atoms with E-state index in [9.17, 15) is 19.4 Å². The van der Waals surface area contributed by atoms with Crippen molar-refractivity contribution in [3.8, 4) is 0 Å². The number of nitrogens with zero attached hydrogens (tertiary/aromatic N) is 1. The molecule has 9 heteroatoms. The number of aliphatic hydroxyl groups is 1. The van der Waals surface area contributed by atoms with Crippen molar-refractivity contribution < 1.29 is 32.9 Å². The van der Waals surface area contributed by atoms with Crippen LogP contribution < -0.4 is 5.32 Å². The maximum atomic E-state index is 13.0. The molecule has 1 amide bonds. The molecule has 0 aromatic heterocycles. The maximum Gasteiger partial charge on any atom is 0.472 e. The van der Waals surface area contributed by atoms with Gasteiger partial charge >= 0.3 is 7.82 Å². The van der Waals surface area contributed by atoms with E-state index in [1.807, 2.05) is 21.1 Å². The molecule has 0 saturated heterocycles. The molecule has 0 aliphatic rings. The van der Waals surface area contributed by atoms with Crippen LogP contribution in [0.3, 0.4) is 0 Å². The van der Waals surface area contributed by atoms with E-state index in [2.05, 4.69) is 43.5 Å². The minimum Gasteiger partial charge on any atom is -0.391 e. The van der Waals surface area contributed by atoms with Crippen LogP contribution >= 0.6 is 7.82 Å². The lowest BCUT2D eigenvalue weighted by molar-refractivity contribution is -0.870. The average Bonchev–Trinajstić information content (AvgIpc) is 3.26. The number of hydrogen-bond donors (Lipinski definition) is 3. The van der Waals surface area contributed by atoms with Crippen molar-refractivity contribution in [2.45, 2.75) is 289 Å². The van der Waals surface area contributed by atoms with Crippen molar-refractivity contribution in [2.75, 3.05) is 40.9 Å². The van der Waals surface area contributed by atoms with Gasteiger partial charge in [0.05, 0.1) is 39.9 Å². The summed E-state index contributed by atoms with van der Waals surface area (Å²) < 4.78 is 23.8. The molecular formula is C56H112N2O6P+. The Labute approximate surface area is 404 Å². The number of hydrogen-bond acceptors (Lipinski definition) is 5. The number of unbranched alkanes of at least 4 members (excludes halogenated alkanes) is 35. The molecule has 0 saturated carbocycles. The van der Waals surface area contributed by atoms with Crippen molar-refractivity contribution in [1.82, 2.24) is 5.32 Å². The topological polar surface area (TPSA) is 105 Å². The van der Waals surface area contributed by atoms with E-state index in [1.54, 1.807) is 0 Å². The number of amides is 1. The fourth-order valence-electron chi connectivity index (χ4n) is 8.49. The van der Waals surface area contributed by atoms with Gasteiger partial charge in [0.15, 0.2) is 0 Å². The van der Waals surface area contributed by atoms with Crippen LogP contribution in [0.15, 0.2) is 24.3 Å². The first kappa shape index (κ1) is 64.0. The molecule has 0 heterocycles. The van der Waals surface area contributed by atoms with Crippen molar-refractivity contribution in [2.24, 2.45) is 0 Å². The van der Waals surface area contributed by atoms with Gasteiger partial charge in [0.1, 0.15) is 13.2 Å². The van der Waals surface area contributed by atoms with Gasteiger partial charge in [-0.1, -0.05) is 250 Å². The summed E-state index contributed by atoms with van der Waals surface area (Å²) in [5.41, 5.74) is 0. The van der Waals surface area contributed by atoms with Gasteiger partial charge in [-0.25, -0.2) is 4.57 Å². The second-order valence-electron chi connectivity index (χ2n) is 20.7. The van der Waals surface area contributed by atoms with Crippen LogP contribution in [0.5, 0.6) is 0 Å². The summed E-state index contributed by atoms with van der Waals surface area (Å²) in [5.74, 6) is -0.143. The lowest BCUT2D eigenvalue weighted by atomic mass is 10.0. The molecule has 8 nitrogen and oxygen atoms in total. The van der Waals surface area contributed by atoms with E-state index >= 15 is 0 Å². The first-order valence-electron chi connectivity index (χ1n) is 28.2. The highest BCUT2D eigenvalue weighted by molar-refractivity contribution is 7.47. The quantitative estimate of drug-likeness (QED) is 0.0243. The molecule has 3 N–H and O–H groups in total. The second-order valence-corrected chi connectivity index (χ2v) is 22.1. The minimum absolute atomic E-state index is 0.0755. The van der Waals surface area contributed by atoms with Crippen LogP contribution in [0.1, 0.15) is 277 Å². The van der Waals surface area contributed by atoms with Gasteiger partial charge in [-0.2, -0.15) is 0 Å². The van der Waals surface area contributed by atoms with Gasteiger partial charge in [0, 0.05) is 6.42 Å². The number of carbonyl (C=O) groups is 1. The van der Waals surface area contributed by atoms with E-state index in [4.69, 9.17) is 9.05 Å². The highest BCUT2D eigenvalue weighted by Crippen LogP contribution is 2.43. The Hall–Kier alpha value is -1.02. The van der Waals surface area contributed by atoms with Crippen molar-refractivity contribution in [3.05, 3.63) is 24.3 Å². The molecule has 386 valence electrons. The lowest BCUT2D eigenvalue weighted by Gasteiger charge is -2.26. The molecule has 0 aromatic rings. The Morgan fingerprint density at radius 3 is 1.26 bits per heavy atom. The summed E-state index contributed by atoms with van der Waals surface area (Å²) in [5, 5.41) is 14.0. The molecule has 3 unspecified atom stereocenters. The Balaban J connectivity index is 4.13. The Kier molecular flexibility index (Phi) is 47.3. The smallest absolute Gasteiger partial charge is 0.391 e. The van der Waals surface area contributed by atoms with Gasteiger partial charge in [-0.15, -0.1) is 0 Å². The SMILES string of the molecule is CCCCCCCCCCC/C=C\C/C=C\CCCCCCCCCCCCCC(=O)NC(COP(=O)(O)OCC[N+](C)(C)C)C(O)CCCCCCCCCCCCCCCCCC. The zero-order chi connectivity index (χ0) is 47.8. The zero-order valence-electron chi connectivity index (χ0n) is 44.0. The molecule has 65 heavy (non-hydrogen) atoms. The van der Waals surface area contributed by atoms with Gasteiger partial charge in [0.2, 0.25) is 5.91 Å². The second kappa shape index (κ2) is 48.0. The zero-order valence-corrected chi connectivity index (χ0v) is 44.9. The first-order valence-corrected chi connectivity index (χ1v) is 29.7. The number of quaternary nitrogens is 1. The van der Waals surface area contributed by atoms with Crippen molar-refractivity contribution in [3.63, 3.8) is 0 Å². The Morgan fingerprint density at radius 2 is 0.877 bits per heavy atom. The van der Waals surface area contributed by atoms with Crippen LogP contribution in [0.25, 0.3) is 0 Å². The summed E-state index contributed by atoms with van der Waals surface area (Å²) in [6.07, 6.45) is 59.4. The largest absolute Gasteiger partial charge is 0.472 e. The molecule has 0 radical (unpaired) electrons. The van der Waals surface area contributed by atoms with E-state index in [1.165, 1.54) is 205 Å². The monoisotopic (exact) mass is 940 g/mol. The van der Waals surface area contributed by atoms with Gasteiger partial charge in [-0.05, 0) is 44.9 Å². The maximum absolute atomic E-state index is 13.0.